The second-order valence-corrected chi connectivity index (χ2v) is 6.39. The lowest BCUT2D eigenvalue weighted by molar-refractivity contribution is 0.415. The summed E-state index contributed by atoms with van der Waals surface area (Å²) in [5, 5.41) is 0. The van der Waals surface area contributed by atoms with Gasteiger partial charge in [0.2, 0.25) is 0 Å². The predicted octanol–water partition coefficient (Wildman–Crippen LogP) is 3.40. The molecule has 4 nitrogen and oxygen atoms in total. The first-order chi connectivity index (χ1) is 9.44. The van der Waals surface area contributed by atoms with Gasteiger partial charge in [0.15, 0.2) is 0 Å². The zero-order valence-electron chi connectivity index (χ0n) is 10.4. The quantitative estimate of drug-likeness (QED) is 0.909. The third kappa shape index (κ3) is 3.10. The van der Waals surface area contributed by atoms with E-state index in [2.05, 4.69) is 20.7 Å². The highest BCUT2D eigenvalue weighted by atomic mass is 79.9. The predicted molar refractivity (Wildman–Crippen MR) is 77.9 cm³/mol. The van der Waals surface area contributed by atoms with E-state index in [1.165, 1.54) is 31.4 Å². The summed E-state index contributed by atoms with van der Waals surface area (Å²) in [7, 11) is -2.53. The molecule has 0 aliphatic heterocycles. The number of ether oxygens (including phenoxy) is 1. The smallest absolute Gasteiger partial charge is 0.264 e. The van der Waals surface area contributed by atoms with Gasteiger partial charge in [0.1, 0.15) is 16.5 Å². The van der Waals surface area contributed by atoms with Crippen LogP contribution in [0.4, 0.5) is 10.1 Å². The highest BCUT2D eigenvalue weighted by Gasteiger charge is 2.19. The van der Waals surface area contributed by atoms with Crippen molar-refractivity contribution in [2.45, 2.75) is 4.90 Å². The zero-order valence-corrected chi connectivity index (χ0v) is 12.8. The Morgan fingerprint density at radius 1 is 1.20 bits per heavy atom. The molecule has 0 aliphatic carbocycles. The monoisotopic (exact) mass is 359 g/mol. The first-order valence-electron chi connectivity index (χ1n) is 5.55. The summed E-state index contributed by atoms with van der Waals surface area (Å²) in [4.78, 5) is -0.408. The van der Waals surface area contributed by atoms with Crippen LogP contribution < -0.4 is 9.46 Å². The molecule has 0 aliphatic rings. The van der Waals surface area contributed by atoms with E-state index >= 15 is 0 Å². The van der Waals surface area contributed by atoms with Gasteiger partial charge in [-0.3, -0.25) is 4.72 Å². The van der Waals surface area contributed by atoms with Gasteiger partial charge in [-0.15, -0.1) is 0 Å². The molecule has 0 unspecified atom stereocenters. The van der Waals surface area contributed by atoms with E-state index in [1.54, 1.807) is 12.1 Å². The summed E-state index contributed by atoms with van der Waals surface area (Å²) >= 11 is 3.23. The Kier molecular flexibility index (Phi) is 4.29. The fourth-order valence-corrected chi connectivity index (χ4v) is 3.20. The van der Waals surface area contributed by atoms with E-state index < -0.39 is 20.7 Å². The summed E-state index contributed by atoms with van der Waals surface area (Å²) < 4.78 is 45.8. The van der Waals surface area contributed by atoms with Crippen LogP contribution in [0.5, 0.6) is 5.75 Å². The van der Waals surface area contributed by atoms with Crippen molar-refractivity contribution in [3.8, 4) is 5.75 Å². The Morgan fingerprint density at radius 3 is 2.55 bits per heavy atom. The van der Waals surface area contributed by atoms with Gasteiger partial charge in [0.05, 0.1) is 12.8 Å². The number of rotatable bonds is 4. The molecule has 1 N–H and O–H groups in total. The van der Waals surface area contributed by atoms with Crippen LogP contribution in [0.3, 0.4) is 0 Å². The average molecular weight is 360 g/mol. The van der Waals surface area contributed by atoms with Crippen LogP contribution in [0.15, 0.2) is 51.8 Å². The van der Waals surface area contributed by atoms with Crippen LogP contribution in [0.2, 0.25) is 0 Å². The minimum absolute atomic E-state index is 0.271. The molecule has 0 atom stereocenters. The van der Waals surface area contributed by atoms with Crippen molar-refractivity contribution in [2.24, 2.45) is 0 Å². The van der Waals surface area contributed by atoms with Crippen LogP contribution in [-0.4, -0.2) is 15.5 Å². The molecule has 106 valence electrons. The molecule has 0 fully saturated rings. The molecule has 2 aromatic carbocycles. The van der Waals surface area contributed by atoms with Gasteiger partial charge in [0.25, 0.3) is 10.0 Å². The third-order valence-corrected chi connectivity index (χ3v) is 4.63. The summed E-state index contributed by atoms with van der Waals surface area (Å²) in [5.41, 5.74) is 0.271. The van der Waals surface area contributed by atoms with Crippen molar-refractivity contribution in [2.75, 3.05) is 11.8 Å². The Labute approximate surface area is 124 Å². The summed E-state index contributed by atoms with van der Waals surface area (Å²) in [6, 6.07) is 9.99. The average Bonchev–Trinajstić information content (AvgIpc) is 2.41. The minimum atomic E-state index is -4.00. The van der Waals surface area contributed by atoms with Crippen molar-refractivity contribution >= 4 is 31.6 Å². The van der Waals surface area contributed by atoms with E-state index in [0.29, 0.717) is 10.2 Å². The molecule has 0 amide bonds. The molecular weight excluding hydrogens is 349 g/mol. The lowest BCUT2D eigenvalue weighted by Crippen LogP contribution is -2.14. The summed E-state index contributed by atoms with van der Waals surface area (Å²) in [5.74, 6) is -0.321. The number of hydrogen-bond donors (Lipinski definition) is 1. The van der Waals surface area contributed by atoms with Crippen molar-refractivity contribution in [3.63, 3.8) is 0 Å². The Hall–Kier alpha value is -1.60. The standard InChI is InChI=1S/C13H11BrFNO3S/c1-19-9-6-7-10(14)12(8-9)16-20(17,18)13-5-3-2-4-11(13)15/h2-8,16H,1H3. The van der Waals surface area contributed by atoms with E-state index in [0.717, 1.165) is 6.07 Å². The van der Waals surface area contributed by atoms with Crippen LogP contribution in [-0.2, 0) is 10.0 Å². The third-order valence-electron chi connectivity index (χ3n) is 2.54. The largest absolute Gasteiger partial charge is 0.497 e. The maximum absolute atomic E-state index is 13.6. The van der Waals surface area contributed by atoms with E-state index in [-0.39, 0.29) is 5.69 Å². The summed E-state index contributed by atoms with van der Waals surface area (Å²) in [6.45, 7) is 0. The van der Waals surface area contributed by atoms with Gasteiger partial charge in [-0.2, -0.15) is 0 Å². The Bertz CT molecular complexity index is 734. The van der Waals surface area contributed by atoms with Crippen molar-refractivity contribution in [1.29, 1.82) is 0 Å². The molecule has 2 rings (SSSR count). The van der Waals surface area contributed by atoms with Crippen LogP contribution in [0.1, 0.15) is 0 Å². The van der Waals surface area contributed by atoms with Crippen LogP contribution in [0, 0.1) is 5.82 Å². The van der Waals surface area contributed by atoms with Crippen LogP contribution >= 0.6 is 15.9 Å². The van der Waals surface area contributed by atoms with Crippen molar-refractivity contribution in [1.82, 2.24) is 0 Å². The minimum Gasteiger partial charge on any atom is -0.497 e. The molecule has 0 saturated carbocycles. The topological polar surface area (TPSA) is 55.4 Å². The number of sulfonamides is 1. The van der Waals surface area contributed by atoms with Crippen molar-refractivity contribution in [3.05, 3.63) is 52.8 Å². The fraction of sp³-hybridized carbons (Fsp3) is 0.0769. The van der Waals surface area contributed by atoms with Crippen LogP contribution in [0.25, 0.3) is 0 Å². The first kappa shape index (κ1) is 14.8. The number of halogens is 2. The second kappa shape index (κ2) is 5.80. The SMILES string of the molecule is COc1ccc(Br)c(NS(=O)(=O)c2ccccc2F)c1. The molecular formula is C13H11BrFNO3S. The van der Waals surface area contributed by atoms with Gasteiger partial charge >= 0.3 is 0 Å². The molecule has 7 heteroatoms. The van der Waals surface area contributed by atoms with Gasteiger partial charge in [-0.25, -0.2) is 12.8 Å². The van der Waals surface area contributed by atoms with E-state index in [4.69, 9.17) is 4.74 Å². The lowest BCUT2D eigenvalue weighted by Gasteiger charge is -2.11. The molecule has 0 radical (unpaired) electrons. The number of nitrogens with one attached hydrogen (secondary N) is 1. The van der Waals surface area contributed by atoms with Gasteiger partial charge in [-0.05, 0) is 40.2 Å². The normalized spacial score (nSPS) is 11.2. The molecule has 0 saturated heterocycles. The fourth-order valence-electron chi connectivity index (χ4n) is 1.57. The van der Waals surface area contributed by atoms with E-state index in [9.17, 15) is 12.8 Å². The molecule has 20 heavy (non-hydrogen) atoms. The van der Waals surface area contributed by atoms with Gasteiger partial charge < -0.3 is 4.74 Å². The number of methoxy groups -OCH3 is 1. The first-order valence-corrected chi connectivity index (χ1v) is 7.82. The summed E-state index contributed by atoms with van der Waals surface area (Å²) in [6.07, 6.45) is 0. The maximum atomic E-state index is 13.6. The highest BCUT2D eigenvalue weighted by molar-refractivity contribution is 9.10. The number of anilines is 1. The lowest BCUT2D eigenvalue weighted by atomic mass is 10.3. The van der Waals surface area contributed by atoms with Crippen molar-refractivity contribution < 1.29 is 17.5 Å². The zero-order chi connectivity index (χ0) is 14.8. The Balaban J connectivity index is 2.41. The molecule has 0 bridgehead atoms. The maximum Gasteiger partial charge on any atom is 0.264 e. The Morgan fingerprint density at radius 2 is 1.90 bits per heavy atom. The molecule has 0 heterocycles. The number of hydrogen-bond acceptors (Lipinski definition) is 3. The van der Waals surface area contributed by atoms with Gasteiger partial charge in [-0.1, -0.05) is 12.1 Å². The molecule has 0 spiro atoms. The highest BCUT2D eigenvalue weighted by Crippen LogP contribution is 2.29. The number of benzene rings is 2. The molecule has 2 aromatic rings. The molecule has 0 aromatic heterocycles. The van der Waals surface area contributed by atoms with Gasteiger partial charge in [0, 0.05) is 10.5 Å². The van der Waals surface area contributed by atoms with E-state index in [1.807, 2.05) is 0 Å². The second-order valence-electron chi connectivity index (χ2n) is 3.88.